The molecule has 0 heterocycles. The SMILES string of the molecule is CNS(=O)(=O)c1cccc2c(/N=N/c3ccc([N+](=O)[O-])cc3Cl)c(N)ccc12. The minimum atomic E-state index is -3.69. The van der Waals surface area contributed by atoms with E-state index in [1.165, 1.54) is 37.4 Å². The van der Waals surface area contributed by atoms with E-state index in [4.69, 9.17) is 17.3 Å². The molecule has 0 aliphatic carbocycles. The average Bonchev–Trinajstić information content (AvgIpc) is 2.67. The van der Waals surface area contributed by atoms with Gasteiger partial charge in [-0.3, -0.25) is 10.1 Å². The smallest absolute Gasteiger partial charge is 0.271 e. The maximum Gasteiger partial charge on any atom is 0.271 e. The molecule has 11 heteroatoms. The molecule has 0 fully saturated rings. The Kier molecular flexibility index (Phi) is 5.27. The van der Waals surface area contributed by atoms with Crippen molar-refractivity contribution in [1.29, 1.82) is 0 Å². The Hall–Kier alpha value is -3.08. The van der Waals surface area contributed by atoms with Gasteiger partial charge in [0.25, 0.3) is 5.69 Å². The summed E-state index contributed by atoms with van der Waals surface area (Å²) in [5.74, 6) is 0. The molecule has 0 spiro atoms. The monoisotopic (exact) mass is 419 g/mol. The third-order valence-electron chi connectivity index (χ3n) is 3.98. The van der Waals surface area contributed by atoms with Gasteiger partial charge in [0.1, 0.15) is 11.4 Å². The van der Waals surface area contributed by atoms with Gasteiger partial charge in [-0.1, -0.05) is 29.8 Å². The van der Waals surface area contributed by atoms with Gasteiger partial charge in [-0.2, -0.15) is 0 Å². The number of halogens is 1. The Labute approximate surface area is 165 Å². The van der Waals surface area contributed by atoms with E-state index >= 15 is 0 Å². The lowest BCUT2D eigenvalue weighted by atomic mass is 10.1. The molecule has 3 aromatic rings. The predicted octanol–water partition coefficient (Wildman–Crippen LogP) is 4.31. The number of nitrogen functional groups attached to an aromatic ring is 1. The lowest BCUT2D eigenvalue weighted by Crippen LogP contribution is -2.18. The number of rotatable bonds is 5. The number of hydrogen-bond acceptors (Lipinski definition) is 7. The number of nitrogens with zero attached hydrogens (tertiary/aromatic N) is 3. The lowest BCUT2D eigenvalue weighted by molar-refractivity contribution is -0.384. The summed E-state index contributed by atoms with van der Waals surface area (Å²) < 4.78 is 26.8. The van der Waals surface area contributed by atoms with Gasteiger partial charge in [-0.25, -0.2) is 13.1 Å². The molecule has 0 radical (unpaired) electrons. The summed E-state index contributed by atoms with van der Waals surface area (Å²) in [4.78, 5) is 10.3. The maximum atomic E-state index is 12.3. The molecule has 0 amide bonds. The zero-order valence-electron chi connectivity index (χ0n) is 14.5. The highest BCUT2D eigenvalue weighted by Crippen LogP contribution is 2.37. The summed E-state index contributed by atoms with van der Waals surface area (Å²) in [6.45, 7) is 0. The Balaban J connectivity index is 2.14. The molecule has 0 bridgehead atoms. The third kappa shape index (κ3) is 3.65. The number of fused-ring (bicyclic) bond motifs is 1. The van der Waals surface area contributed by atoms with Gasteiger partial charge in [-0.05, 0) is 25.2 Å². The molecule has 3 N–H and O–H groups in total. The second-order valence-corrected chi connectivity index (χ2v) is 7.92. The zero-order valence-corrected chi connectivity index (χ0v) is 16.0. The molecule has 9 nitrogen and oxygen atoms in total. The number of nitro groups is 1. The van der Waals surface area contributed by atoms with Crippen LogP contribution in [0.1, 0.15) is 0 Å². The average molecular weight is 420 g/mol. The largest absolute Gasteiger partial charge is 0.397 e. The fraction of sp³-hybridized carbons (Fsp3) is 0.0588. The highest BCUT2D eigenvalue weighted by Gasteiger charge is 2.17. The zero-order chi connectivity index (χ0) is 20.5. The van der Waals surface area contributed by atoms with Gasteiger partial charge < -0.3 is 5.73 Å². The topological polar surface area (TPSA) is 140 Å². The normalized spacial score (nSPS) is 11.9. The first-order valence-electron chi connectivity index (χ1n) is 7.85. The number of benzene rings is 3. The van der Waals surface area contributed by atoms with E-state index < -0.39 is 14.9 Å². The van der Waals surface area contributed by atoms with Crippen LogP contribution in [-0.2, 0) is 10.0 Å². The Morgan fingerprint density at radius 1 is 1.11 bits per heavy atom. The predicted molar refractivity (Wildman–Crippen MR) is 107 cm³/mol. The van der Waals surface area contributed by atoms with Crippen LogP contribution in [0, 0.1) is 10.1 Å². The summed E-state index contributed by atoms with van der Waals surface area (Å²) >= 11 is 6.02. The van der Waals surface area contributed by atoms with E-state index in [1.807, 2.05) is 0 Å². The van der Waals surface area contributed by atoms with Gasteiger partial charge in [0.15, 0.2) is 0 Å². The van der Waals surface area contributed by atoms with Gasteiger partial charge in [-0.15, -0.1) is 10.2 Å². The molecule has 0 aliphatic heterocycles. The lowest BCUT2D eigenvalue weighted by Gasteiger charge is -2.10. The number of anilines is 1. The maximum absolute atomic E-state index is 12.3. The van der Waals surface area contributed by atoms with Crippen molar-refractivity contribution in [3.63, 3.8) is 0 Å². The van der Waals surface area contributed by atoms with Gasteiger partial charge in [0, 0.05) is 22.9 Å². The highest BCUT2D eigenvalue weighted by atomic mass is 35.5. The molecular weight excluding hydrogens is 406 g/mol. The molecule has 28 heavy (non-hydrogen) atoms. The molecule has 0 saturated carbocycles. The molecule has 144 valence electrons. The summed E-state index contributed by atoms with van der Waals surface area (Å²) in [7, 11) is -2.37. The standard InChI is InChI=1S/C17H14ClN5O4S/c1-20-28(26,27)16-4-2-3-12-11(16)6-7-14(19)17(12)22-21-15-8-5-10(23(24)25)9-13(15)18/h2-9,20H,19H2,1H3/b22-21+. The molecule has 0 aliphatic rings. The molecule has 3 aromatic carbocycles. The number of nitro benzene ring substituents is 1. The summed E-state index contributed by atoms with van der Waals surface area (Å²) in [5, 5.41) is 19.9. The second kappa shape index (κ2) is 7.50. The van der Waals surface area contributed by atoms with Crippen LogP contribution in [0.2, 0.25) is 5.02 Å². The summed E-state index contributed by atoms with van der Waals surface area (Å²) in [6.07, 6.45) is 0. The van der Waals surface area contributed by atoms with Crippen molar-refractivity contribution in [2.75, 3.05) is 12.8 Å². The minimum Gasteiger partial charge on any atom is -0.397 e. The van der Waals surface area contributed by atoms with Crippen molar-refractivity contribution >= 4 is 55.1 Å². The van der Waals surface area contributed by atoms with Crippen LogP contribution in [0.4, 0.5) is 22.7 Å². The molecule has 0 aromatic heterocycles. The van der Waals surface area contributed by atoms with E-state index in [9.17, 15) is 18.5 Å². The van der Waals surface area contributed by atoms with Crippen LogP contribution in [0.15, 0.2) is 63.7 Å². The second-order valence-electron chi connectivity index (χ2n) is 5.66. The Morgan fingerprint density at radius 2 is 1.86 bits per heavy atom. The Bertz CT molecular complexity index is 1230. The minimum absolute atomic E-state index is 0.0511. The van der Waals surface area contributed by atoms with Crippen molar-refractivity contribution in [2.45, 2.75) is 4.90 Å². The van der Waals surface area contributed by atoms with Gasteiger partial charge in [0.2, 0.25) is 10.0 Å². The van der Waals surface area contributed by atoms with Gasteiger partial charge in [0.05, 0.1) is 20.5 Å². The van der Waals surface area contributed by atoms with Crippen LogP contribution >= 0.6 is 11.6 Å². The fourth-order valence-electron chi connectivity index (χ4n) is 2.58. The number of azo groups is 1. The van der Waals surface area contributed by atoms with E-state index in [0.29, 0.717) is 10.8 Å². The number of non-ortho nitro benzene ring substituents is 1. The first-order chi connectivity index (χ1) is 13.2. The highest BCUT2D eigenvalue weighted by molar-refractivity contribution is 7.89. The van der Waals surface area contributed by atoms with Crippen molar-refractivity contribution in [3.05, 3.63) is 63.7 Å². The van der Waals surface area contributed by atoms with Crippen molar-refractivity contribution in [1.82, 2.24) is 4.72 Å². The first-order valence-corrected chi connectivity index (χ1v) is 9.71. The molecule has 3 rings (SSSR count). The number of nitrogens with one attached hydrogen (secondary N) is 1. The van der Waals surface area contributed by atoms with E-state index in [-0.39, 0.29) is 32.7 Å². The van der Waals surface area contributed by atoms with E-state index in [1.54, 1.807) is 18.2 Å². The summed E-state index contributed by atoms with van der Waals surface area (Å²) in [6, 6.07) is 11.6. The quantitative estimate of drug-likeness (QED) is 0.274. The number of hydrogen-bond donors (Lipinski definition) is 2. The van der Waals surface area contributed by atoms with Crippen molar-refractivity contribution < 1.29 is 13.3 Å². The van der Waals surface area contributed by atoms with E-state index in [0.717, 1.165) is 0 Å². The van der Waals surface area contributed by atoms with Crippen LogP contribution in [0.5, 0.6) is 0 Å². The number of nitrogens with two attached hydrogens (primary N) is 1. The molecular formula is C17H14ClN5O4S. The van der Waals surface area contributed by atoms with Crippen molar-refractivity contribution in [3.8, 4) is 0 Å². The van der Waals surface area contributed by atoms with Crippen LogP contribution in [-0.4, -0.2) is 20.4 Å². The van der Waals surface area contributed by atoms with Crippen LogP contribution in [0.3, 0.4) is 0 Å². The Morgan fingerprint density at radius 3 is 2.50 bits per heavy atom. The van der Waals surface area contributed by atoms with E-state index in [2.05, 4.69) is 15.0 Å². The molecule has 0 unspecified atom stereocenters. The summed E-state index contributed by atoms with van der Waals surface area (Å²) in [5.41, 5.74) is 6.59. The van der Waals surface area contributed by atoms with Gasteiger partial charge >= 0.3 is 0 Å². The van der Waals surface area contributed by atoms with Crippen molar-refractivity contribution in [2.24, 2.45) is 10.2 Å². The number of sulfonamides is 1. The third-order valence-corrected chi connectivity index (χ3v) is 5.76. The fourth-order valence-corrected chi connectivity index (χ4v) is 3.74. The molecule has 0 saturated heterocycles. The molecule has 0 atom stereocenters. The first kappa shape index (κ1) is 19.7. The van der Waals surface area contributed by atoms with Crippen LogP contribution in [0.25, 0.3) is 10.8 Å². The van der Waals surface area contributed by atoms with Crippen LogP contribution < -0.4 is 10.5 Å².